The van der Waals surface area contributed by atoms with Gasteiger partial charge in [0.2, 0.25) is 5.91 Å². The third-order valence-electron chi connectivity index (χ3n) is 4.22. The van der Waals surface area contributed by atoms with Crippen LogP contribution in [0.2, 0.25) is 0 Å². The van der Waals surface area contributed by atoms with E-state index in [0.29, 0.717) is 24.6 Å². The Morgan fingerprint density at radius 3 is 2.57 bits per heavy atom. The van der Waals surface area contributed by atoms with Gasteiger partial charge in [0.1, 0.15) is 18.1 Å². The summed E-state index contributed by atoms with van der Waals surface area (Å²) >= 11 is 0. The van der Waals surface area contributed by atoms with Crippen molar-refractivity contribution < 1.29 is 14.3 Å². The van der Waals surface area contributed by atoms with Crippen molar-refractivity contribution in [2.24, 2.45) is 4.99 Å². The Balaban J connectivity index is 0.00000450. The fourth-order valence-electron chi connectivity index (χ4n) is 2.77. The molecular formula is C22H31IN4O3. The van der Waals surface area contributed by atoms with Gasteiger partial charge < -0.3 is 25.4 Å². The molecule has 0 unspecified atom stereocenters. The van der Waals surface area contributed by atoms with E-state index in [1.54, 1.807) is 20.2 Å². The van der Waals surface area contributed by atoms with Gasteiger partial charge in [0.15, 0.2) is 5.96 Å². The van der Waals surface area contributed by atoms with Crippen molar-refractivity contribution in [3.63, 3.8) is 0 Å². The van der Waals surface area contributed by atoms with E-state index in [1.807, 2.05) is 25.1 Å². The number of carbonyl (C=O) groups is 1. The Bertz CT molecular complexity index is 843. The van der Waals surface area contributed by atoms with Gasteiger partial charge in [0.05, 0.1) is 13.7 Å². The standard InChI is InChI=1S/C22H30N4O3.HI/c1-16-8-9-18(14-21(16)28-4)10-11-24-22(23-3)25-12-13-29-20-7-5-6-19(15-20)26-17(2)27;/h5-9,14-15H,10-13H2,1-4H3,(H,26,27)(H2,23,24,25);1H. The van der Waals surface area contributed by atoms with Crippen LogP contribution in [0.25, 0.3) is 0 Å². The number of hydrogen-bond acceptors (Lipinski definition) is 4. The molecule has 0 heterocycles. The van der Waals surface area contributed by atoms with Crippen LogP contribution in [0.1, 0.15) is 18.1 Å². The van der Waals surface area contributed by atoms with Crippen LogP contribution in [0.15, 0.2) is 47.5 Å². The molecule has 0 spiro atoms. The quantitative estimate of drug-likeness (QED) is 0.202. The fraction of sp³-hybridized carbons (Fsp3) is 0.364. The van der Waals surface area contributed by atoms with Gasteiger partial charge in [-0.3, -0.25) is 9.79 Å². The van der Waals surface area contributed by atoms with Crippen LogP contribution >= 0.6 is 24.0 Å². The number of methoxy groups -OCH3 is 1. The van der Waals surface area contributed by atoms with Crippen molar-refractivity contribution in [2.45, 2.75) is 20.3 Å². The van der Waals surface area contributed by atoms with Crippen molar-refractivity contribution in [2.75, 3.05) is 39.2 Å². The first-order valence-electron chi connectivity index (χ1n) is 9.60. The monoisotopic (exact) mass is 526 g/mol. The minimum Gasteiger partial charge on any atom is -0.496 e. The summed E-state index contributed by atoms with van der Waals surface area (Å²) in [6.45, 7) is 5.34. The Morgan fingerprint density at radius 2 is 1.87 bits per heavy atom. The molecule has 0 aliphatic rings. The predicted molar refractivity (Wildman–Crippen MR) is 132 cm³/mol. The number of amides is 1. The fourth-order valence-corrected chi connectivity index (χ4v) is 2.77. The van der Waals surface area contributed by atoms with E-state index in [2.05, 4.69) is 39.1 Å². The minimum atomic E-state index is -0.109. The second kappa shape index (κ2) is 13.7. The zero-order valence-electron chi connectivity index (χ0n) is 18.0. The topological polar surface area (TPSA) is 84.0 Å². The maximum atomic E-state index is 11.1. The molecule has 2 aromatic carbocycles. The van der Waals surface area contributed by atoms with Crippen molar-refractivity contribution in [3.05, 3.63) is 53.6 Å². The molecule has 8 heteroatoms. The summed E-state index contributed by atoms with van der Waals surface area (Å²) in [5, 5.41) is 9.26. The van der Waals surface area contributed by atoms with Gasteiger partial charge in [0, 0.05) is 32.3 Å². The van der Waals surface area contributed by atoms with Crippen LogP contribution in [0.3, 0.4) is 0 Å². The molecule has 0 saturated carbocycles. The first-order valence-corrected chi connectivity index (χ1v) is 9.60. The van der Waals surface area contributed by atoms with E-state index >= 15 is 0 Å². The highest BCUT2D eigenvalue weighted by Gasteiger charge is 2.03. The summed E-state index contributed by atoms with van der Waals surface area (Å²) in [5.74, 6) is 2.22. The summed E-state index contributed by atoms with van der Waals surface area (Å²) in [7, 11) is 3.43. The third-order valence-corrected chi connectivity index (χ3v) is 4.22. The second-order valence-electron chi connectivity index (χ2n) is 6.54. The van der Waals surface area contributed by atoms with Crippen LogP contribution in [0.4, 0.5) is 5.69 Å². The largest absolute Gasteiger partial charge is 0.496 e. The lowest BCUT2D eigenvalue weighted by atomic mass is 10.1. The van der Waals surface area contributed by atoms with Crippen molar-refractivity contribution in [1.82, 2.24) is 10.6 Å². The summed E-state index contributed by atoms with van der Waals surface area (Å²) in [6.07, 6.45) is 0.865. The lowest BCUT2D eigenvalue weighted by Gasteiger charge is -2.13. The van der Waals surface area contributed by atoms with Crippen LogP contribution in [0, 0.1) is 6.92 Å². The van der Waals surface area contributed by atoms with Crippen LogP contribution in [-0.2, 0) is 11.2 Å². The number of nitrogens with one attached hydrogen (secondary N) is 3. The zero-order chi connectivity index (χ0) is 21.1. The van der Waals surface area contributed by atoms with Gasteiger partial charge in [-0.05, 0) is 42.7 Å². The molecule has 30 heavy (non-hydrogen) atoms. The zero-order valence-corrected chi connectivity index (χ0v) is 20.3. The SMILES string of the molecule is CN=C(NCCOc1cccc(NC(C)=O)c1)NCCc1ccc(C)c(OC)c1.I. The molecule has 0 aliphatic carbocycles. The van der Waals surface area contributed by atoms with Crippen LogP contribution < -0.4 is 25.4 Å². The van der Waals surface area contributed by atoms with Crippen molar-refractivity contribution >= 4 is 41.5 Å². The normalized spacial score (nSPS) is 10.6. The molecule has 1 amide bonds. The highest BCUT2D eigenvalue weighted by atomic mass is 127. The van der Waals surface area contributed by atoms with Crippen molar-refractivity contribution in [1.29, 1.82) is 0 Å². The smallest absolute Gasteiger partial charge is 0.221 e. The summed E-state index contributed by atoms with van der Waals surface area (Å²) in [5.41, 5.74) is 3.05. The first-order chi connectivity index (χ1) is 14.0. The van der Waals surface area contributed by atoms with E-state index in [-0.39, 0.29) is 29.9 Å². The number of ether oxygens (including phenoxy) is 2. The third kappa shape index (κ3) is 8.89. The minimum absolute atomic E-state index is 0. The Hall–Kier alpha value is -2.49. The molecule has 0 aliphatic heterocycles. The molecular weight excluding hydrogens is 495 g/mol. The number of guanidine groups is 1. The van der Waals surface area contributed by atoms with E-state index < -0.39 is 0 Å². The molecule has 0 aromatic heterocycles. The summed E-state index contributed by atoms with van der Waals surface area (Å²) in [4.78, 5) is 15.4. The van der Waals surface area contributed by atoms with E-state index in [9.17, 15) is 4.79 Å². The Labute approximate surface area is 195 Å². The Kier molecular flexibility index (Phi) is 11.7. The maximum Gasteiger partial charge on any atom is 0.221 e. The molecule has 0 radical (unpaired) electrons. The van der Waals surface area contributed by atoms with Gasteiger partial charge in [-0.25, -0.2) is 0 Å². The molecule has 2 rings (SSSR count). The number of nitrogens with zero attached hydrogens (tertiary/aromatic N) is 1. The average Bonchev–Trinajstić information content (AvgIpc) is 2.70. The number of anilines is 1. The molecule has 164 valence electrons. The predicted octanol–water partition coefficient (Wildman–Crippen LogP) is 3.37. The number of rotatable bonds is 9. The van der Waals surface area contributed by atoms with Gasteiger partial charge >= 0.3 is 0 Å². The van der Waals surface area contributed by atoms with E-state index in [0.717, 1.165) is 30.2 Å². The highest BCUT2D eigenvalue weighted by Crippen LogP contribution is 2.19. The number of aryl methyl sites for hydroxylation is 1. The first kappa shape index (κ1) is 25.5. The number of hydrogen-bond donors (Lipinski definition) is 3. The lowest BCUT2D eigenvalue weighted by molar-refractivity contribution is -0.114. The number of halogens is 1. The van der Waals surface area contributed by atoms with Gasteiger partial charge in [-0.1, -0.05) is 18.2 Å². The summed E-state index contributed by atoms with van der Waals surface area (Å²) in [6, 6.07) is 13.6. The van der Waals surface area contributed by atoms with Gasteiger partial charge in [0.25, 0.3) is 0 Å². The number of carbonyl (C=O) groups excluding carboxylic acids is 1. The molecule has 0 atom stereocenters. The van der Waals surface area contributed by atoms with Gasteiger partial charge in [-0.15, -0.1) is 24.0 Å². The molecule has 2 aromatic rings. The molecule has 3 N–H and O–H groups in total. The van der Waals surface area contributed by atoms with Crippen LogP contribution in [-0.4, -0.2) is 45.7 Å². The molecule has 0 fully saturated rings. The highest BCUT2D eigenvalue weighted by molar-refractivity contribution is 14.0. The van der Waals surface area contributed by atoms with E-state index in [4.69, 9.17) is 9.47 Å². The number of aliphatic imine (C=N–C) groups is 1. The molecule has 0 bridgehead atoms. The van der Waals surface area contributed by atoms with Gasteiger partial charge in [-0.2, -0.15) is 0 Å². The second-order valence-corrected chi connectivity index (χ2v) is 6.54. The van der Waals surface area contributed by atoms with Crippen LogP contribution in [0.5, 0.6) is 11.5 Å². The van der Waals surface area contributed by atoms with E-state index in [1.165, 1.54) is 12.5 Å². The molecule has 7 nitrogen and oxygen atoms in total. The average molecular weight is 526 g/mol. The molecule has 0 saturated heterocycles. The lowest BCUT2D eigenvalue weighted by Crippen LogP contribution is -2.40. The number of benzene rings is 2. The van der Waals surface area contributed by atoms with Crippen molar-refractivity contribution in [3.8, 4) is 11.5 Å². The summed E-state index contributed by atoms with van der Waals surface area (Å²) < 4.78 is 11.1. The maximum absolute atomic E-state index is 11.1. The Morgan fingerprint density at radius 1 is 1.10 bits per heavy atom.